The lowest BCUT2D eigenvalue weighted by Crippen LogP contribution is -2.28. The average Bonchev–Trinajstić information content (AvgIpc) is 2.72. The molecule has 0 bridgehead atoms. The van der Waals surface area contributed by atoms with Crippen molar-refractivity contribution in [2.24, 2.45) is 0 Å². The highest BCUT2D eigenvalue weighted by molar-refractivity contribution is 6.04. The number of nitrogens with one attached hydrogen (secondary N) is 1. The molecule has 0 saturated heterocycles. The standard InChI is InChI=1S/C24H23NO4/c1-16-4-10-20(11-5-16)25-23(26)19-8-14-22(15-9-19)29-24(27)18(3)28-21-12-6-17(2)7-13-21/h4-15,18H,1-3H3,(H,25,26). The van der Waals surface area contributed by atoms with Crippen LogP contribution in [0.15, 0.2) is 72.8 Å². The van der Waals surface area contributed by atoms with Gasteiger partial charge in [-0.25, -0.2) is 4.79 Å². The predicted octanol–water partition coefficient (Wildman–Crippen LogP) is 4.93. The van der Waals surface area contributed by atoms with Crippen molar-refractivity contribution in [1.29, 1.82) is 0 Å². The number of hydrogen-bond acceptors (Lipinski definition) is 4. The van der Waals surface area contributed by atoms with Crippen LogP contribution in [0.2, 0.25) is 0 Å². The zero-order valence-electron chi connectivity index (χ0n) is 16.6. The lowest BCUT2D eigenvalue weighted by atomic mass is 10.2. The number of anilines is 1. The maximum atomic E-state index is 12.3. The first-order valence-electron chi connectivity index (χ1n) is 9.34. The Morgan fingerprint density at radius 1 is 0.759 bits per heavy atom. The first kappa shape index (κ1) is 20.1. The average molecular weight is 389 g/mol. The Labute approximate surface area is 170 Å². The lowest BCUT2D eigenvalue weighted by Gasteiger charge is -2.14. The highest BCUT2D eigenvalue weighted by Crippen LogP contribution is 2.17. The fraction of sp³-hybridized carbons (Fsp3) is 0.167. The van der Waals surface area contributed by atoms with Crippen LogP contribution in [-0.2, 0) is 4.79 Å². The quantitative estimate of drug-likeness (QED) is 0.480. The maximum absolute atomic E-state index is 12.3. The van der Waals surface area contributed by atoms with E-state index in [9.17, 15) is 9.59 Å². The fourth-order valence-corrected chi connectivity index (χ4v) is 2.58. The summed E-state index contributed by atoms with van der Waals surface area (Å²) in [4.78, 5) is 24.6. The van der Waals surface area contributed by atoms with E-state index in [-0.39, 0.29) is 5.91 Å². The molecule has 0 aliphatic carbocycles. The van der Waals surface area contributed by atoms with Gasteiger partial charge in [-0.1, -0.05) is 35.4 Å². The fourth-order valence-electron chi connectivity index (χ4n) is 2.58. The molecule has 3 aromatic rings. The van der Waals surface area contributed by atoms with Gasteiger partial charge in [0.25, 0.3) is 5.91 Å². The van der Waals surface area contributed by atoms with Crippen LogP contribution in [0.3, 0.4) is 0 Å². The number of carbonyl (C=O) groups excluding carboxylic acids is 2. The van der Waals surface area contributed by atoms with E-state index in [0.717, 1.165) is 16.8 Å². The van der Waals surface area contributed by atoms with Crippen LogP contribution in [0.25, 0.3) is 0 Å². The van der Waals surface area contributed by atoms with Crippen molar-refractivity contribution in [2.75, 3.05) is 5.32 Å². The number of hydrogen-bond donors (Lipinski definition) is 1. The summed E-state index contributed by atoms with van der Waals surface area (Å²) < 4.78 is 10.9. The van der Waals surface area contributed by atoms with Crippen molar-refractivity contribution in [1.82, 2.24) is 0 Å². The molecular formula is C24H23NO4. The van der Waals surface area contributed by atoms with E-state index < -0.39 is 12.1 Å². The van der Waals surface area contributed by atoms with E-state index in [0.29, 0.717) is 17.1 Å². The molecule has 0 fully saturated rings. The van der Waals surface area contributed by atoms with E-state index >= 15 is 0 Å². The second-order valence-electron chi connectivity index (χ2n) is 6.84. The molecule has 0 aliphatic heterocycles. The molecule has 3 aromatic carbocycles. The third kappa shape index (κ3) is 5.69. The van der Waals surface area contributed by atoms with Crippen LogP contribution in [0, 0.1) is 13.8 Å². The van der Waals surface area contributed by atoms with Crippen LogP contribution in [-0.4, -0.2) is 18.0 Å². The number of ether oxygens (including phenoxy) is 2. The summed E-state index contributed by atoms with van der Waals surface area (Å²) in [5, 5.41) is 2.83. The van der Waals surface area contributed by atoms with Gasteiger partial charge in [-0.2, -0.15) is 0 Å². The van der Waals surface area contributed by atoms with Gasteiger partial charge < -0.3 is 14.8 Å². The molecule has 0 spiro atoms. The summed E-state index contributed by atoms with van der Waals surface area (Å²) in [5.41, 5.74) is 3.42. The van der Waals surface area contributed by atoms with Crippen molar-refractivity contribution < 1.29 is 19.1 Å². The molecule has 5 nitrogen and oxygen atoms in total. The molecule has 1 N–H and O–H groups in total. The molecule has 0 radical (unpaired) electrons. The van der Waals surface area contributed by atoms with Crippen LogP contribution in [0.1, 0.15) is 28.4 Å². The maximum Gasteiger partial charge on any atom is 0.352 e. The van der Waals surface area contributed by atoms with Gasteiger partial charge in [0.05, 0.1) is 0 Å². The number of esters is 1. The van der Waals surface area contributed by atoms with Gasteiger partial charge in [-0.15, -0.1) is 0 Å². The number of amides is 1. The number of benzene rings is 3. The summed E-state index contributed by atoms with van der Waals surface area (Å²) in [6.45, 7) is 5.59. The molecule has 148 valence electrons. The summed E-state index contributed by atoms with van der Waals surface area (Å²) in [5.74, 6) is 0.203. The second kappa shape index (κ2) is 9.06. The molecule has 3 rings (SSSR count). The summed E-state index contributed by atoms with van der Waals surface area (Å²) in [6.07, 6.45) is -0.762. The molecule has 1 unspecified atom stereocenters. The molecule has 1 amide bonds. The van der Waals surface area contributed by atoms with E-state index in [4.69, 9.17) is 9.47 Å². The first-order valence-corrected chi connectivity index (χ1v) is 9.34. The van der Waals surface area contributed by atoms with Crippen LogP contribution < -0.4 is 14.8 Å². The van der Waals surface area contributed by atoms with Gasteiger partial charge in [0.2, 0.25) is 0 Å². The van der Waals surface area contributed by atoms with Crippen LogP contribution in [0.4, 0.5) is 5.69 Å². The molecule has 0 saturated carbocycles. The molecule has 0 aliphatic rings. The van der Waals surface area contributed by atoms with E-state index in [1.54, 1.807) is 43.3 Å². The monoisotopic (exact) mass is 389 g/mol. The van der Waals surface area contributed by atoms with Crippen molar-refractivity contribution in [3.05, 3.63) is 89.5 Å². The minimum atomic E-state index is -0.762. The van der Waals surface area contributed by atoms with Gasteiger partial charge in [-0.05, 0) is 69.3 Å². The Balaban J connectivity index is 1.56. The van der Waals surface area contributed by atoms with E-state index in [2.05, 4.69) is 5.32 Å². The van der Waals surface area contributed by atoms with Crippen LogP contribution in [0.5, 0.6) is 11.5 Å². The van der Waals surface area contributed by atoms with Crippen molar-refractivity contribution >= 4 is 17.6 Å². The van der Waals surface area contributed by atoms with Crippen LogP contribution >= 0.6 is 0 Å². The van der Waals surface area contributed by atoms with Gasteiger partial charge in [0.1, 0.15) is 11.5 Å². The Bertz CT molecular complexity index is 977. The summed E-state index contributed by atoms with van der Waals surface area (Å²) in [7, 11) is 0. The van der Waals surface area contributed by atoms with Crippen molar-refractivity contribution in [3.8, 4) is 11.5 Å². The van der Waals surface area contributed by atoms with E-state index in [1.807, 2.05) is 50.2 Å². The molecule has 29 heavy (non-hydrogen) atoms. The topological polar surface area (TPSA) is 64.6 Å². The molecule has 1 atom stereocenters. The number of rotatable bonds is 6. The second-order valence-corrected chi connectivity index (χ2v) is 6.84. The minimum absolute atomic E-state index is 0.234. The molecule has 0 heterocycles. The Morgan fingerprint density at radius 3 is 1.86 bits per heavy atom. The van der Waals surface area contributed by atoms with Gasteiger partial charge in [0, 0.05) is 11.3 Å². The Hall–Kier alpha value is -3.60. The van der Waals surface area contributed by atoms with E-state index in [1.165, 1.54) is 0 Å². The van der Waals surface area contributed by atoms with Crippen molar-refractivity contribution in [2.45, 2.75) is 26.9 Å². The third-order valence-electron chi connectivity index (χ3n) is 4.31. The predicted molar refractivity (Wildman–Crippen MR) is 112 cm³/mol. The van der Waals surface area contributed by atoms with Gasteiger partial charge in [0.15, 0.2) is 6.10 Å². The highest BCUT2D eigenvalue weighted by atomic mass is 16.6. The molecule has 0 aromatic heterocycles. The lowest BCUT2D eigenvalue weighted by molar-refractivity contribution is -0.141. The Kier molecular flexibility index (Phi) is 6.29. The third-order valence-corrected chi connectivity index (χ3v) is 4.31. The SMILES string of the molecule is Cc1ccc(NC(=O)c2ccc(OC(=O)C(C)Oc3ccc(C)cc3)cc2)cc1. The summed E-state index contributed by atoms with van der Waals surface area (Å²) >= 11 is 0. The number of aryl methyl sites for hydroxylation is 2. The Morgan fingerprint density at radius 2 is 1.28 bits per heavy atom. The minimum Gasteiger partial charge on any atom is -0.479 e. The zero-order chi connectivity index (χ0) is 20.8. The molecular weight excluding hydrogens is 366 g/mol. The summed E-state index contributed by atoms with van der Waals surface area (Å²) in [6, 6.07) is 21.4. The number of carbonyl (C=O) groups is 2. The first-order chi connectivity index (χ1) is 13.9. The highest BCUT2D eigenvalue weighted by Gasteiger charge is 2.17. The normalized spacial score (nSPS) is 11.4. The smallest absolute Gasteiger partial charge is 0.352 e. The van der Waals surface area contributed by atoms with Crippen molar-refractivity contribution in [3.63, 3.8) is 0 Å². The van der Waals surface area contributed by atoms with Gasteiger partial charge in [-0.3, -0.25) is 4.79 Å². The molecule has 5 heteroatoms. The largest absolute Gasteiger partial charge is 0.479 e. The van der Waals surface area contributed by atoms with Gasteiger partial charge >= 0.3 is 5.97 Å². The zero-order valence-corrected chi connectivity index (χ0v) is 16.6.